The summed E-state index contributed by atoms with van der Waals surface area (Å²) in [5.41, 5.74) is 16.4. The summed E-state index contributed by atoms with van der Waals surface area (Å²) in [7, 11) is 0. The molecule has 0 aliphatic heterocycles. The average Bonchev–Trinajstić information content (AvgIpc) is 3.72. The molecule has 3 aromatic heterocycles. The highest BCUT2D eigenvalue weighted by atomic mass is 35.5. The Hall–Kier alpha value is -5.00. The second-order valence-corrected chi connectivity index (χ2v) is 10.1. The maximum atomic E-state index is 13.1. The normalized spacial score (nSPS) is 12.6. The average molecular weight is 585 g/mol. The summed E-state index contributed by atoms with van der Waals surface area (Å²) in [6, 6.07) is 20.5. The Kier molecular flexibility index (Phi) is 6.96. The van der Waals surface area contributed by atoms with Crippen LogP contribution in [-0.4, -0.2) is 46.3 Å². The van der Waals surface area contributed by atoms with E-state index in [2.05, 4.69) is 30.7 Å². The van der Waals surface area contributed by atoms with Gasteiger partial charge in [0, 0.05) is 27.1 Å². The molecule has 0 aliphatic carbocycles. The zero-order chi connectivity index (χ0) is 28.5. The van der Waals surface area contributed by atoms with Crippen LogP contribution in [-0.2, 0) is 11.2 Å². The summed E-state index contributed by atoms with van der Waals surface area (Å²) < 4.78 is 1.48. The van der Waals surface area contributed by atoms with Crippen LogP contribution in [0.15, 0.2) is 78.6 Å². The van der Waals surface area contributed by atoms with Gasteiger partial charge in [-0.25, -0.2) is 4.98 Å². The Morgan fingerprint density at radius 2 is 1.90 bits per heavy atom. The van der Waals surface area contributed by atoms with Crippen LogP contribution in [0.4, 0.5) is 5.82 Å². The maximum absolute atomic E-state index is 13.1. The summed E-state index contributed by atoms with van der Waals surface area (Å²) in [6.45, 7) is 0. The zero-order valence-corrected chi connectivity index (χ0v) is 22.8. The number of carbonyl (C=O) groups is 1. The Morgan fingerprint density at radius 1 is 1.07 bits per heavy atom. The fourth-order valence-corrected chi connectivity index (χ4v) is 5.18. The van der Waals surface area contributed by atoms with Crippen LogP contribution in [0.25, 0.3) is 33.9 Å². The van der Waals surface area contributed by atoms with E-state index in [0.29, 0.717) is 50.8 Å². The smallest absolute Gasteiger partial charge is 0.245 e. The van der Waals surface area contributed by atoms with E-state index in [1.165, 1.54) is 11.0 Å². The molecule has 0 radical (unpaired) electrons. The van der Waals surface area contributed by atoms with Crippen molar-refractivity contribution < 1.29 is 4.79 Å². The molecule has 13 heteroatoms. The van der Waals surface area contributed by atoms with Crippen LogP contribution in [0.1, 0.15) is 22.9 Å². The number of carbonyl (C=O) groups excluding carboxylic acids is 1. The van der Waals surface area contributed by atoms with Crippen LogP contribution in [0, 0.1) is 0 Å². The van der Waals surface area contributed by atoms with Gasteiger partial charge in [0.25, 0.3) is 0 Å². The second kappa shape index (κ2) is 10.9. The monoisotopic (exact) mass is 584 g/mol. The number of anilines is 1. The van der Waals surface area contributed by atoms with E-state index < -0.39 is 11.8 Å². The van der Waals surface area contributed by atoms with Gasteiger partial charge in [0.1, 0.15) is 23.0 Å². The lowest BCUT2D eigenvalue weighted by Gasteiger charge is -2.18. The molecule has 0 saturated heterocycles. The Labute approximate surface area is 243 Å². The third-order valence-corrected chi connectivity index (χ3v) is 7.22. The van der Waals surface area contributed by atoms with E-state index in [0.717, 1.165) is 22.0 Å². The number of benzene rings is 3. The molecule has 41 heavy (non-hydrogen) atoms. The van der Waals surface area contributed by atoms with Gasteiger partial charge in [-0.3, -0.25) is 9.89 Å². The Balaban J connectivity index is 1.49. The summed E-state index contributed by atoms with van der Waals surface area (Å²) in [5.74, 6) is -0.346. The molecule has 0 spiro atoms. The minimum absolute atomic E-state index is 0.291. The molecule has 0 bridgehead atoms. The SMILES string of the molecule is NC(=O)C(=Cc1cc(Cl)ccc1-n1cnnn1)[C@H](Cc1ccccc1)c1nc(-c2ccc3c(N)n[nH]c3c2)c(Cl)[nH]1. The van der Waals surface area contributed by atoms with Gasteiger partial charge in [-0.2, -0.15) is 9.78 Å². The number of hydrogen-bond acceptors (Lipinski definition) is 7. The molecule has 6 rings (SSSR count). The number of tetrazole rings is 1. The maximum Gasteiger partial charge on any atom is 0.245 e. The first-order valence-corrected chi connectivity index (χ1v) is 13.2. The lowest BCUT2D eigenvalue weighted by Crippen LogP contribution is -2.22. The van der Waals surface area contributed by atoms with Crippen LogP contribution in [0.5, 0.6) is 0 Å². The van der Waals surface area contributed by atoms with E-state index in [4.69, 9.17) is 39.7 Å². The molecule has 0 aliphatic rings. The van der Waals surface area contributed by atoms with Crippen molar-refractivity contribution in [2.75, 3.05) is 5.73 Å². The highest BCUT2D eigenvalue weighted by molar-refractivity contribution is 6.32. The zero-order valence-electron chi connectivity index (χ0n) is 21.3. The van der Waals surface area contributed by atoms with Crippen LogP contribution >= 0.6 is 23.2 Å². The van der Waals surface area contributed by atoms with Gasteiger partial charge < -0.3 is 16.5 Å². The van der Waals surface area contributed by atoms with Crippen molar-refractivity contribution in [2.45, 2.75) is 12.3 Å². The van der Waals surface area contributed by atoms with Gasteiger partial charge in [-0.05, 0) is 58.8 Å². The molecule has 0 fully saturated rings. The fourth-order valence-electron chi connectivity index (χ4n) is 4.75. The third-order valence-electron chi connectivity index (χ3n) is 6.71. The van der Waals surface area contributed by atoms with E-state index in [9.17, 15) is 4.79 Å². The lowest BCUT2D eigenvalue weighted by molar-refractivity contribution is -0.114. The van der Waals surface area contributed by atoms with Crippen molar-refractivity contribution in [1.82, 2.24) is 40.4 Å². The molecule has 0 unspecified atom stereocenters. The predicted octanol–water partition coefficient (Wildman–Crippen LogP) is 4.71. The molecule has 3 heterocycles. The quantitative estimate of drug-likeness (QED) is 0.187. The number of imidazole rings is 1. The van der Waals surface area contributed by atoms with Crippen molar-refractivity contribution in [1.29, 1.82) is 0 Å². The minimum atomic E-state index is -0.628. The highest BCUT2D eigenvalue weighted by Crippen LogP contribution is 2.35. The van der Waals surface area contributed by atoms with Gasteiger partial charge in [0.05, 0.1) is 17.1 Å². The van der Waals surface area contributed by atoms with Gasteiger partial charge in [-0.1, -0.05) is 59.6 Å². The van der Waals surface area contributed by atoms with Crippen molar-refractivity contribution in [2.24, 2.45) is 5.73 Å². The molecule has 3 aromatic carbocycles. The summed E-state index contributed by atoms with van der Waals surface area (Å²) in [6.07, 6.45) is 3.55. The van der Waals surface area contributed by atoms with Gasteiger partial charge in [-0.15, -0.1) is 5.10 Å². The molecule has 6 aromatic rings. The Morgan fingerprint density at radius 3 is 2.66 bits per heavy atom. The molecule has 204 valence electrons. The van der Waals surface area contributed by atoms with E-state index in [-0.39, 0.29) is 0 Å². The molecule has 11 nitrogen and oxygen atoms in total. The van der Waals surface area contributed by atoms with E-state index in [1.54, 1.807) is 24.3 Å². The summed E-state index contributed by atoms with van der Waals surface area (Å²) in [4.78, 5) is 21.1. The minimum Gasteiger partial charge on any atom is -0.382 e. The van der Waals surface area contributed by atoms with Crippen LogP contribution < -0.4 is 11.5 Å². The topological polar surface area (TPSA) is 170 Å². The van der Waals surface area contributed by atoms with Crippen molar-refractivity contribution in [3.8, 4) is 16.9 Å². The predicted molar refractivity (Wildman–Crippen MR) is 157 cm³/mol. The number of fused-ring (bicyclic) bond motifs is 1. The third kappa shape index (κ3) is 5.28. The van der Waals surface area contributed by atoms with Gasteiger partial charge in [0.2, 0.25) is 5.91 Å². The molecule has 0 saturated carbocycles. The molecular weight excluding hydrogens is 563 g/mol. The van der Waals surface area contributed by atoms with Crippen molar-refractivity contribution >= 4 is 51.9 Å². The fraction of sp³-hybridized carbons (Fsp3) is 0.0714. The number of nitrogens with zero attached hydrogens (tertiary/aromatic N) is 6. The number of aromatic nitrogens is 8. The molecule has 6 N–H and O–H groups in total. The number of nitrogen functional groups attached to an aromatic ring is 1. The summed E-state index contributed by atoms with van der Waals surface area (Å²) in [5, 5.41) is 20.0. The number of halogens is 2. The van der Waals surface area contributed by atoms with Gasteiger partial charge >= 0.3 is 0 Å². The van der Waals surface area contributed by atoms with Crippen LogP contribution in [0.3, 0.4) is 0 Å². The molecule has 1 amide bonds. The van der Waals surface area contributed by atoms with Crippen LogP contribution in [0.2, 0.25) is 10.2 Å². The summed E-state index contributed by atoms with van der Waals surface area (Å²) >= 11 is 13.0. The number of nitrogens with one attached hydrogen (secondary N) is 2. The number of rotatable bonds is 8. The van der Waals surface area contributed by atoms with Gasteiger partial charge in [0.15, 0.2) is 5.82 Å². The second-order valence-electron chi connectivity index (χ2n) is 9.32. The number of nitrogens with two attached hydrogens (primary N) is 2. The number of amides is 1. The largest absolute Gasteiger partial charge is 0.382 e. The number of H-pyrrole nitrogens is 2. The van der Waals surface area contributed by atoms with E-state index in [1.807, 2.05) is 48.5 Å². The first kappa shape index (κ1) is 26.2. The number of hydrogen-bond donors (Lipinski definition) is 4. The number of aromatic amines is 2. The molecular formula is C28H22Cl2N10O. The van der Waals surface area contributed by atoms with Crippen molar-refractivity contribution in [3.05, 3.63) is 106 Å². The number of primary amides is 1. The van der Waals surface area contributed by atoms with E-state index >= 15 is 0 Å². The standard InChI is InChI=1S/C28H22Cl2N10O/c29-18-7-9-23(40-14-33-38-39-40)17(11-18)12-20(27(32)41)21(10-15-4-2-1-3-5-15)28-34-24(25(30)35-28)16-6-8-19-22(13-16)36-37-26(19)31/h1-9,11-14,21H,10H2,(H2,32,41)(H,34,35)(H3,31,36,37)/t21-/m0/s1. The Bertz CT molecular complexity index is 1890. The first-order chi connectivity index (χ1) is 19.9. The first-order valence-electron chi connectivity index (χ1n) is 12.4. The lowest BCUT2D eigenvalue weighted by atomic mass is 9.89. The molecule has 1 atom stereocenters. The van der Waals surface area contributed by atoms with Crippen molar-refractivity contribution in [3.63, 3.8) is 0 Å². The highest BCUT2D eigenvalue weighted by Gasteiger charge is 2.27.